The Kier molecular flexibility index (Phi) is 11.6. The van der Waals surface area contributed by atoms with Crippen LogP contribution in [0.15, 0.2) is 114 Å². The van der Waals surface area contributed by atoms with Gasteiger partial charge in [0.25, 0.3) is 10.0 Å². The van der Waals surface area contributed by atoms with Gasteiger partial charge in [0.1, 0.15) is 18.3 Å². The van der Waals surface area contributed by atoms with E-state index in [0.29, 0.717) is 10.8 Å². The number of benzene rings is 4. The fourth-order valence-electron chi connectivity index (χ4n) is 5.95. The molecular weight excluding hydrogens is 634 g/mol. The van der Waals surface area contributed by atoms with Gasteiger partial charge in [-0.1, -0.05) is 104 Å². The number of rotatable bonds is 13. The Bertz CT molecular complexity index is 1730. The normalized spacial score (nSPS) is 14.2. The minimum Gasteiger partial charge on any atom is -0.495 e. The number of anilines is 1. The molecule has 47 heavy (non-hydrogen) atoms. The predicted octanol–water partition coefficient (Wildman–Crippen LogP) is 6.63. The number of ether oxygens (including phenoxy) is 1. The fourth-order valence-corrected chi connectivity index (χ4v) is 7.53. The Morgan fingerprint density at radius 1 is 0.830 bits per heavy atom. The summed E-state index contributed by atoms with van der Waals surface area (Å²) in [7, 11) is -2.78. The molecule has 1 fully saturated rings. The lowest BCUT2D eigenvalue weighted by molar-refractivity contribution is -0.140. The SMILES string of the molecule is COc1ccccc1N(CC(=O)N(Cc1ccc(Cl)cc1)[C@H](Cc1ccccc1)C(=O)NC1CCCCC1)S(=O)(=O)c1ccccc1. The molecule has 246 valence electrons. The molecule has 0 bridgehead atoms. The number of amides is 2. The minimum absolute atomic E-state index is 0.0190. The molecule has 4 aromatic rings. The van der Waals surface area contributed by atoms with Crippen molar-refractivity contribution in [2.45, 2.75) is 62.0 Å². The van der Waals surface area contributed by atoms with E-state index >= 15 is 0 Å². The van der Waals surface area contributed by atoms with Crippen molar-refractivity contribution in [1.29, 1.82) is 0 Å². The van der Waals surface area contributed by atoms with Gasteiger partial charge in [0, 0.05) is 24.0 Å². The smallest absolute Gasteiger partial charge is 0.264 e. The van der Waals surface area contributed by atoms with Crippen LogP contribution in [0.5, 0.6) is 5.75 Å². The van der Waals surface area contributed by atoms with Crippen LogP contribution in [-0.4, -0.2) is 50.9 Å². The molecule has 1 saturated carbocycles. The number of hydrogen-bond donors (Lipinski definition) is 1. The number of halogens is 1. The van der Waals surface area contributed by atoms with Crippen molar-refractivity contribution in [2.24, 2.45) is 0 Å². The highest BCUT2D eigenvalue weighted by atomic mass is 35.5. The molecule has 1 aliphatic rings. The zero-order valence-electron chi connectivity index (χ0n) is 26.4. The third-order valence-corrected chi connectivity index (χ3v) is 10.5. The number of carbonyl (C=O) groups excluding carboxylic acids is 2. The van der Waals surface area contributed by atoms with E-state index in [1.54, 1.807) is 66.7 Å². The average molecular weight is 674 g/mol. The summed E-state index contributed by atoms with van der Waals surface area (Å²) in [5, 5.41) is 3.76. The van der Waals surface area contributed by atoms with Crippen LogP contribution in [0.1, 0.15) is 43.2 Å². The standard InChI is InChI=1S/C37H40ClN3O5S/c1-46-35-20-12-11-19-33(35)41(47(44,45)32-17-9-4-10-18-32)27-36(42)40(26-29-21-23-30(38)24-22-29)34(25-28-13-5-2-6-14-28)37(43)39-31-15-7-3-8-16-31/h2,4-6,9-14,17-24,31,34H,3,7-8,15-16,25-27H2,1H3,(H,39,43)/t34-/m1/s1. The van der Waals surface area contributed by atoms with E-state index in [1.165, 1.54) is 24.1 Å². The van der Waals surface area contributed by atoms with Crippen LogP contribution in [0, 0.1) is 0 Å². The van der Waals surface area contributed by atoms with E-state index in [4.69, 9.17) is 16.3 Å². The van der Waals surface area contributed by atoms with Crippen molar-refractivity contribution in [3.05, 3.63) is 125 Å². The Labute approximate surface area is 282 Å². The Morgan fingerprint density at radius 3 is 2.11 bits per heavy atom. The Morgan fingerprint density at radius 2 is 1.45 bits per heavy atom. The molecule has 1 atom stereocenters. The number of nitrogens with zero attached hydrogens (tertiary/aromatic N) is 2. The summed E-state index contributed by atoms with van der Waals surface area (Å²) in [6.45, 7) is -0.496. The number of nitrogens with one attached hydrogen (secondary N) is 1. The highest BCUT2D eigenvalue weighted by Crippen LogP contribution is 2.33. The first-order valence-electron chi connectivity index (χ1n) is 15.9. The lowest BCUT2D eigenvalue weighted by Gasteiger charge is -2.35. The van der Waals surface area contributed by atoms with E-state index in [2.05, 4.69) is 5.32 Å². The van der Waals surface area contributed by atoms with Crippen LogP contribution >= 0.6 is 11.6 Å². The highest BCUT2D eigenvalue weighted by molar-refractivity contribution is 7.92. The molecule has 10 heteroatoms. The number of para-hydroxylation sites is 2. The maximum Gasteiger partial charge on any atom is 0.264 e. The predicted molar refractivity (Wildman–Crippen MR) is 185 cm³/mol. The average Bonchev–Trinajstić information content (AvgIpc) is 3.10. The first kappa shape index (κ1) is 34.0. The van der Waals surface area contributed by atoms with E-state index in [9.17, 15) is 18.0 Å². The molecule has 1 aliphatic carbocycles. The van der Waals surface area contributed by atoms with Crippen LogP contribution in [0.3, 0.4) is 0 Å². The first-order valence-corrected chi connectivity index (χ1v) is 17.7. The number of methoxy groups -OCH3 is 1. The zero-order chi connectivity index (χ0) is 33.2. The minimum atomic E-state index is -4.23. The van der Waals surface area contributed by atoms with E-state index < -0.39 is 28.5 Å². The van der Waals surface area contributed by atoms with Gasteiger partial charge < -0.3 is 15.0 Å². The first-order chi connectivity index (χ1) is 22.8. The molecule has 1 N–H and O–H groups in total. The number of sulfonamides is 1. The molecule has 0 unspecified atom stereocenters. The van der Waals surface area contributed by atoms with E-state index in [1.807, 2.05) is 30.3 Å². The van der Waals surface area contributed by atoms with Gasteiger partial charge >= 0.3 is 0 Å². The van der Waals surface area contributed by atoms with E-state index in [0.717, 1.165) is 47.5 Å². The molecule has 8 nitrogen and oxygen atoms in total. The van der Waals surface area contributed by atoms with Crippen molar-refractivity contribution >= 4 is 39.1 Å². The maximum atomic E-state index is 14.7. The van der Waals surface area contributed by atoms with Crippen molar-refractivity contribution in [2.75, 3.05) is 18.0 Å². The van der Waals surface area contributed by atoms with Crippen LogP contribution in [0.2, 0.25) is 5.02 Å². The summed E-state index contributed by atoms with van der Waals surface area (Å²) < 4.78 is 35.1. The van der Waals surface area contributed by atoms with Gasteiger partial charge in [0.05, 0.1) is 17.7 Å². The summed E-state index contributed by atoms with van der Waals surface area (Å²) in [5.41, 5.74) is 1.84. The van der Waals surface area contributed by atoms with Gasteiger partial charge in [-0.25, -0.2) is 8.42 Å². The van der Waals surface area contributed by atoms with Crippen molar-refractivity contribution in [3.8, 4) is 5.75 Å². The molecule has 0 heterocycles. The molecule has 0 radical (unpaired) electrons. The summed E-state index contributed by atoms with van der Waals surface area (Å²) in [4.78, 5) is 30.4. The quantitative estimate of drug-likeness (QED) is 0.172. The Balaban J connectivity index is 1.57. The zero-order valence-corrected chi connectivity index (χ0v) is 28.0. The summed E-state index contributed by atoms with van der Waals surface area (Å²) in [5.74, 6) is -0.511. The maximum absolute atomic E-state index is 14.7. The van der Waals surface area contributed by atoms with E-state index in [-0.39, 0.29) is 35.5 Å². The second kappa shape index (κ2) is 16.0. The van der Waals surface area contributed by atoms with Gasteiger partial charge in [-0.3, -0.25) is 13.9 Å². The van der Waals surface area contributed by atoms with Gasteiger partial charge in [0.15, 0.2) is 0 Å². The molecule has 0 saturated heterocycles. The van der Waals surface area contributed by atoms with Crippen molar-refractivity contribution in [1.82, 2.24) is 10.2 Å². The van der Waals surface area contributed by atoms with Gasteiger partial charge in [0.2, 0.25) is 11.8 Å². The molecule has 0 spiro atoms. The van der Waals surface area contributed by atoms with Gasteiger partial charge in [-0.2, -0.15) is 0 Å². The van der Waals surface area contributed by atoms with Crippen LogP contribution in [-0.2, 0) is 32.6 Å². The van der Waals surface area contributed by atoms with Crippen molar-refractivity contribution < 1.29 is 22.7 Å². The van der Waals surface area contributed by atoms with Crippen LogP contribution in [0.25, 0.3) is 0 Å². The Hall–Kier alpha value is -4.34. The fraction of sp³-hybridized carbons (Fsp3) is 0.297. The third-order valence-electron chi connectivity index (χ3n) is 8.45. The monoisotopic (exact) mass is 673 g/mol. The number of carbonyl (C=O) groups is 2. The lowest BCUT2D eigenvalue weighted by atomic mass is 9.94. The second-order valence-corrected chi connectivity index (χ2v) is 14.0. The van der Waals surface area contributed by atoms with Gasteiger partial charge in [-0.05, 0) is 60.4 Å². The molecule has 4 aromatic carbocycles. The van der Waals surface area contributed by atoms with Crippen molar-refractivity contribution in [3.63, 3.8) is 0 Å². The molecule has 5 rings (SSSR count). The van der Waals surface area contributed by atoms with Gasteiger partial charge in [-0.15, -0.1) is 0 Å². The topological polar surface area (TPSA) is 96.0 Å². The van der Waals surface area contributed by atoms with Crippen LogP contribution < -0.4 is 14.4 Å². The number of hydrogen-bond acceptors (Lipinski definition) is 5. The third kappa shape index (κ3) is 8.73. The summed E-state index contributed by atoms with van der Waals surface area (Å²) in [6, 6.07) is 30.4. The molecule has 2 amide bonds. The second-order valence-electron chi connectivity index (χ2n) is 11.7. The molecular formula is C37H40ClN3O5S. The summed E-state index contributed by atoms with van der Waals surface area (Å²) >= 11 is 6.18. The lowest BCUT2D eigenvalue weighted by Crippen LogP contribution is -2.55. The highest BCUT2D eigenvalue weighted by Gasteiger charge is 2.36. The largest absolute Gasteiger partial charge is 0.495 e. The van der Waals surface area contributed by atoms with Crippen LogP contribution in [0.4, 0.5) is 5.69 Å². The molecule has 0 aromatic heterocycles. The summed E-state index contributed by atoms with van der Waals surface area (Å²) in [6.07, 6.45) is 5.21. The molecule has 0 aliphatic heterocycles.